The molecule has 0 saturated carbocycles. The third-order valence-corrected chi connectivity index (χ3v) is 3.71. The van der Waals surface area contributed by atoms with E-state index in [1.807, 2.05) is 24.7 Å². The predicted molar refractivity (Wildman–Crippen MR) is 65.9 cm³/mol. The first-order chi connectivity index (χ1) is 8.11. The number of aliphatic hydroxyl groups excluding tert-OH is 1. The molecule has 92 valence electrons. The second kappa shape index (κ2) is 4.93. The molecule has 0 aromatic carbocycles. The minimum Gasteiger partial charge on any atom is -0.387 e. The van der Waals surface area contributed by atoms with Gasteiger partial charge >= 0.3 is 0 Å². The maximum atomic E-state index is 10.1. The van der Waals surface area contributed by atoms with Crippen LogP contribution in [0.2, 0.25) is 0 Å². The van der Waals surface area contributed by atoms with Gasteiger partial charge in [0.05, 0.1) is 22.4 Å². The van der Waals surface area contributed by atoms with Crippen LogP contribution in [0.25, 0.3) is 0 Å². The molecule has 1 atom stereocenters. The van der Waals surface area contributed by atoms with Gasteiger partial charge in [-0.05, 0) is 30.9 Å². The summed E-state index contributed by atoms with van der Waals surface area (Å²) in [6.07, 6.45) is 0.911. The van der Waals surface area contributed by atoms with Crippen molar-refractivity contribution in [3.8, 4) is 0 Å². The van der Waals surface area contributed by atoms with Crippen molar-refractivity contribution in [1.82, 2.24) is 19.4 Å². The van der Waals surface area contributed by atoms with E-state index in [9.17, 15) is 5.11 Å². The fraction of sp³-hybridized carbons (Fsp3) is 0.545. The molecule has 5 nitrogen and oxygen atoms in total. The van der Waals surface area contributed by atoms with Crippen LogP contribution in [0, 0.1) is 6.92 Å². The molecule has 2 aromatic heterocycles. The Balaban J connectivity index is 2.15. The van der Waals surface area contributed by atoms with E-state index in [2.05, 4.69) is 21.6 Å². The molecule has 0 aliphatic rings. The van der Waals surface area contributed by atoms with E-state index in [1.165, 1.54) is 11.5 Å². The average molecular weight is 252 g/mol. The minimum absolute atomic E-state index is 0.546. The number of hydrogen-bond acceptors (Lipinski definition) is 5. The van der Waals surface area contributed by atoms with E-state index in [-0.39, 0.29) is 0 Å². The fourth-order valence-corrected chi connectivity index (χ4v) is 2.40. The van der Waals surface area contributed by atoms with Gasteiger partial charge in [0, 0.05) is 19.2 Å². The Labute approximate surface area is 104 Å². The maximum Gasteiger partial charge on any atom is 0.0972 e. The first-order valence-electron chi connectivity index (χ1n) is 5.60. The van der Waals surface area contributed by atoms with Crippen molar-refractivity contribution in [2.45, 2.75) is 32.8 Å². The fourth-order valence-electron chi connectivity index (χ4n) is 1.77. The Hall–Kier alpha value is -1.27. The Morgan fingerprint density at radius 1 is 1.53 bits per heavy atom. The highest BCUT2D eigenvalue weighted by molar-refractivity contribution is 7.05. The lowest BCUT2D eigenvalue weighted by atomic mass is 10.1. The van der Waals surface area contributed by atoms with Crippen LogP contribution in [-0.4, -0.2) is 24.5 Å². The number of aryl methyl sites for hydroxylation is 3. The summed E-state index contributed by atoms with van der Waals surface area (Å²) in [5.41, 5.74) is 2.89. The summed E-state index contributed by atoms with van der Waals surface area (Å²) in [5.74, 6) is 0. The minimum atomic E-state index is -0.546. The number of hydrogen-bond donors (Lipinski definition) is 1. The molecule has 0 amide bonds. The van der Waals surface area contributed by atoms with Crippen LogP contribution in [0.5, 0.6) is 0 Å². The Morgan fingerprint density at radius 3 is 2.82 bits per heavy atom. The molecule has 2 rings (SSSR count). The third kappa shape index (κ3) is 2.53. The highest BCUT2D eigenvalue weighted by atomic mass is 32.1. The van der Waals surface area contributed by atoms with Gasteiger partial charge in [0.15, 0.2) is 0 Å². The van der Waals surface area contributed by atoms with Gasteiger partial charge in [-0.1, -0.05) is 11.4 Å². The van der Waals surface area contributed by atoms with Gasteiger partial charge in [-0.2, -0.15) is 5.10 Å². The van der Waals surface area contributed by atoms with Gasteiger partial charge in [-0.3, -0.25) is 4.68 Å². The zero-order chi connectivity index (χ0) is 12.4. The van der Waals surface area contributed by atoms with Crippen molar-refractivity contribution in [2.24, 2.45) is 7.05 Å². The molecule has 0 radical (unpaired) electrons. The summed E-state index contributed by atoms with van der Waals surface area (Å²) in [6.45, 7) is 3.93. The van der Waals surface area contributed by atoms with E-state index < -0.39 is 6.10 Å². The summed E-state index contributed by atoms with van der Waals surface area (Å²) in [6, 6.07) is 2.03. The van der Waals surface area contributed by atoms with Crippen LogP contribution < -0.4 is 0 Å². The maximum absolute atomic E-state index is 10.1. The van der Waals surface area contributed by atoms with Gasteiger partial charge in [-0.15, -0.1) is 5.10 Å². The molecule has 2 heterocycles. The summed E-state index contributed by atoms with van der Waals surface area (Å²) in [4.78, 5) is 0.837. The number of aliphatic hydroxyl groups is 1. The van der Waals surface area contributed by atoms with E-state index in [1.54, 1.807) is 0 Å². The topological polar surface area (TPSA) is 63.8 Å². The molecular formula is C11H16N4OS. The molecule has 6 heteroatoms. The second-order valence-electron chi connectivity index (χ2n) is 4.05. The standard InChI is InChI=1S/C11H16N4OS/c1-4-8-5-9(15(3)13-8)6-10(16)11-7(2)12-14-17-11/h5,10,16H,4,6H2,1-3H3. The zero-order valence-electron chi connectivity index (χ0n) is 10.2. The van der Waals surface area contributed by atoms with Gasteiger partial charge in [-0.25, -0.2) is 0 Å². The Morgan fingerprint density at radius 2 is 2.29 bits per heavy atom. The van der Waals surface area contributed by atoms with Crippen LogP contribution in [-0.2, 0) is 19.9 Å². The number of rotatable bonds is 4. The SMILES string of the molecule is CCc1cc(CC(O)c2snnc2C)n(C)n1. The van der Waals surface area contributed by atoms with E-state index >= 15 is 0 Å². The van der Waals surface area contributed by atoms with Crippen LogP contribution in [0.1, 0.15) is 35.0 Å². The van der Waals surface area contributed by atoms with E-state index in [0.717, 1.165) is 28.4 Å². The van der Waals surface area contributed by atoms with Crippen LogP contribution in [0.4, 0.5) is 0 Å². The average Bonchev–Trinajstić information content (AvgIpc) is 2.86. The number of nitrogens with zero attached hydrogens (tertiary/aromatic N) is 4. The molecule has 17 heavy (non-hydrogen) atoms. The Kier molecular flexibility index (Phi) is 3.54. The van der Waals surface area contributed by atoms with Crippen molar-refractivity contribution >= 4 is 11.5 Å². The van der Waals surface area contributed by atoms with E-state index in [0.29, 0.717) is 6.42 Å². The molecule has 0 aliphatic heterocycles. The molecule has 1 N–H and O–H groups in total. The smallest absolute Gasteiger partial charge is 0.0972 e. The highest BCUT2D eigenvalue weighted by Gasteiger charge is 2.17. The Bertz CT molecular complexity index is 505. The molecule has 0 fully saturated rings. The first kappa shape index (κ1) is 12.2. The third-order valence-electron chi connectivity index (χ3n) is 2.78. The lowest BCUT2D eigenvalue weighted by Gasteiger charge is -2.08. The number of aromatic nitrogens is 4. The first-order valence-corrected chi connectivity index (χ1v) is 6.37. The lowest BCUT2D eigenvalue weighted by molar-refractivity contribution is 0.178. The molecule has 0 aliphatic carbocycles. The van der Waals surface area contributed by atoms with Crippen LogP contribution in [0.3, 0.4) is 0 Å². The molecular weight excluding hydrogens is 236 g/mol. The normalized spacial score (nSPS) is 12.9. The molecule has 1 unspecified atom stereocenters. The van der Waals surface area contributed by atoms with Gasteiger partial charge in [0.1, 0.15) is 0 Å². The summed E-state index contributed by atoms with van der Waals surface area (Å²) < 4.78 is 5.66. The molecule has 2 aromatic rings. The van der Waals surface area contributed by atoms with Gasteiger partial charge < -0.3 is 5.11 Å². The molecule has 0 spiro atoms. The second-order valence-corrected chi connectivity index (χ2v) is 4.83. The van der Waals surface area contributed by atoms with Crippen molar-refractivity contribution in [3.05, 3.63) is 28.0 Å². The highest BCUT2D eigenvalue weighted by Crippen LogP contribution is 2.23. The van der Waals surface area contributed by atoms with Crippen molar-refractivity contribution in [2.75, 3.05) is 0 Å². The van der Waals surface area contributed by atoms with Gasteiger partial charge in [0.2, 0.25) is 0 Å². The summed E-state index contributed by atoms with van der Waals surface area (Å²) in [5, 5.41) is 18.4. The largest absolute Gasteiger partial charge is 0.387 e. The van der Waals surface area contributed by atoms with Crippen molar-refractivity contribution < 1.29 is 5.11 Å². The quantitative estimate of drug-likeness (QED) is 0.893. The predicted octanol–water partition coefficient (Wildman–Crippen LogP) is 1.42. The lowest BCUT2D eigenvalue weighted by Crippen LogP contribution is -2.06. The molecule has 0 bridgehead atoms. The summed E-state index contributed by atoms with van der Waals surface area (Å²) in [7, 11) is 1.90. The van der Waals surface area contributed by atoms with Crippen LogP contribution >= 0.6 is 11.5 Å². The monoisotopic (exact) mass is 252 g/mol. The van der Waals surface area contributed by atoms with Gasteiger partial charge in [0.25, 0.3) is 0 Å². The molecule has 0 saturated heterocycles. The van der Waals surface area contributed by atoms with Crippen molar-refractivity contribution in [1.29, 1.82) is 0 Å². The zero-order valence-corrected chi connectivity index (χ0v) is 11.0. The summed E-state index contributed by atoms with van der Waals surface area (Å²) >= 11 is 1.25. The van der Waals surface area contributed by atoms with Crippen molar-refractivity contribution in [3.63, 3.8) is 0 Å². The van der Waals surface area contributed by atoms with E-state index in [4.69, 9.17) is 0 Å². The van der Waals surface area contributed by atoms with Crippen LogP contribution in [0.15, 0.2) is 6.07 Å².